The van der Waals surface area contributed by atoms with Gasteiger partial charge in [-0.3, -0.25) is 0 Å². The standard InChI is InChI=1S/C12H16ClN3O2S2/c1-2-9(6-7-13)8-14-20(17,18)11-5-3-4-10-12(11)16-19-15-10/h3-5,9,14H,2,6-8H2,1H3. The SMILES string of the molecule is CCC(CCCl)CNS(=O)(=O)c1cccc2c1N=S=N2. The van der Waals surface area contributed by atoms with Crippen LogP contribution in [0.15, 0.2) is 31.8 Å². The van der Waals surface area contributed by atoms with Crippen molar-refractivity contribution >= 4 is 44.4 Å². The van der Waals surface area contributed by atoms with Crippen molar-refractivity contribution in [2.75, 3.05) is 12.4 Å². The van der Waals surface area contributed by atoms with E-state index in [4.69, 9.17) is 11.6 Å². The maximum Gasteiger partial charge on any atom is 0.242 e. The van der Waals surface area contributed by atoms with Gasteiger partial charge in [-0.1, -0.05) is 19.4 Å². The molecule has 1 heterocycles. The molecule has 1 aromatic carbocycles. The minimum absolute atomic E-state index is 0.185. The number of alkyl halides is 1. The molecule has 20 heavy (non-hydrogen) atoms. The molecule has 0 spiro atoms. The molecule has 1 atom stereocenters. The monoisotopic (exact) mass is 333 g/mol. The number of benzene rings is 1. The van der Waals surface area contributed by atoms with Gasteiger partial charge in [-0.25, -0.2) is 13.1 Å². The van der Waals surface area contributed by atoms with Crippen LogP contribution in [0.2, 0.25) is 0 Å². The molecule has 0 saturated heterocycles. The second-order valence-corrected chi connectivity index (χ2v) is 7.13. The number of nitrogens with zero attached hydrogens (tertiary/aromatic N) is 2. The largest absolute Gasteiger partial charge is 0.242 e. The summed E-state index contributed by atoms with van der Waals surface area (Å²) in [7, 11) is -3.57. The molecule has 0 fully saturated rings. The van der Waals surface area contributed by atoms with Gasteiger partial charge < -0.3 is 0 Å². The Morgan fingerprint density at radius 3 is 2.90 bits per heavy atom. The molecule has 0 amide bonds. The molecular formula is C12H16ClN3O2S2. The van der Waals surface area contributed by atoms with E-state index in [0.717, 1.165) is 24.2 Å². The average Bonchev–Trinajstić information content (AvgIpc) is 2.91. The van der Waals surface area contributed by atoms with Gasteiger partial charge >= 0.3 is 0 Å². The molecule has 110 valence electrons. The molecule has 1 aromatic rings. The fourth-order valence-corrected chi connectivity index (χ4v) is 4.10. The molecule has 0 aromatic heterocycles. The van der Waals surface area contributed by atoms with E-state index in [2.05, 4.69) is 13.4 Å². The van der Waals surface area contributed by atoms with Crippen molar-refractivity contribution in [3.8, 4) is 0 Å². The summed E-state index contributed by atoms with van der Waals surface area (Å²) in [5.74, 6) is 0.779. The molecular weight excluding hydrogens is 318 g/mol. The molecule has 2 rings (SSSR count). The van der Waals surface area contributed by atoms with Gasteiger partial charge in [0.2, 0.25) is 10.0 Å². The molecule has 0 aliphatic carbocycles. The summed E-state index contributed by atoms with van der Waals surface area (Å²) in [5.41, 5.74) is 1.03. The van der Waals surface area contributed by atoms with Crippen molar-refractivity contribution in [2.45, 2.75) is 24.7 Å². The van der Waals surface area contributed by atoms with E-state index in [1.54, 1.807) is 18.2 Å². The summed E-state index contributed by atoms with van der Waals surface area (Å²) >= 11 is 6.72. The third kappa shape index (κ3) is 3.46. The zero-order valence-corrected chi connectivity index (χ0v) is 13.4. The highest BCUT2D eigenvalue weighted by molar-refractivity contribution is 7.89. The van der Waals surface area contributed by atoms with Gasteiger partial charge in [0, 0.05) is 12.4 Å². The van der Waals surface area contributed by atoms with E-state index < -0.39 is 10.0 Å². The van der Waals surface area contributed by atoms with Gasteiger partial charge in [0.25, 0.3) is 0 Å². The number of halogens is 1. The molecule has 0 saturated carbocycles. The Labute approximate surface area is 127 Å². The van der Waals surface area contributed by atoms with Gasteiger partial charge in [-0.2, -0.15) is 8.73 Å². The first kappa shape index (κ1) is 15.6. The van der Waals surface area contributed by atoms with Gasteiger partial charge in [-0.15, -0.1) is 11.6 Å². The molecule has 0 radical (unpaired) electrons. The number of nitrogens with one attached hydrogen (secondary N) is 1. The molecule has 1 aliphatic heterocycles. The summed E-state index contributed by atoms with van der Waals surface area (Å²) in [5, 5.41) is 0. The van der Waals surface area contributed by atoms with E-state index >= 15 is 0 Å². The number of fused-ring (bicyclic) bond motifs is 1. The third-order valence-electron chi connectivity index (χ3n) is 3.20. The first-order valence-electron chi connectivity index (χ1n) is 6.35. The average molecular weight is 334 g/mol. The van der Waals surface area contributed by atoms with Crippen molar-refractivity contribution in [3.05, 3.63) is 18.2 Å². The second-order valence-electron chi connectivity index (χ2n) is 4.49. The Kier molecular flexibility index (Phi) is 5.31. The summed E-state index contributed by atoms with van der Waals surface area (Å²) in [4.78, 5) is 0.185. The molecule has 1 unspecified atom stereocenters. The fraction of sp³-hybridized carbons (Fsp3) is 0.500. The lowest BCUT2D eigenvalue weighted by atomic mass is 10.0. The van der Waals surface area contributed by atoms with Crippen LogP contribution in [0, 0.1) is 5.92 Å². The Morgan fingerprint density at radius 1 is 1.40 bits per heavy atom. The predicted molar refractivity (Wildman–Crippen MR) is 82.3 cm³/mol. The van der Waals surface area contributed by atoms with E-state index in [1.807, 2.05) is 6.92 Å². The van der Waals surface area contributed by atoms with Crippen molar-refractivity contribution in [1.29, 1.82) is 0 Å². The smallest absolute Gasteiger partial charge is 0.211 e. The highest BCUT2D eigenvalue weighted by Gasteiger charge is 2.22. The van der Waals surface area contributed by atoms with Crippen LogP contribution < -0.4 is 4.72 Å². The van der Waals surface area contributed by atoms with Crippen molar-refractivity contribution in [1.82, 2.24) is 4.72 Å². The lowest BCUT2D eigenvalue weighted by Crippen LogP contribution is -2.29. The van der Waals surface area contributed by atoms with Gasteiger partial charge in [0.1, 0.15) is 16.3 Å². The molecule has 5 nitrogen and oxygen atoms in total. The lowest BCUT2D eigenvalue weighted by Gasteiger charge is -2.15. The van der Waals surface area contributed by atoms with Crippen LogP contribution in [-0.4, -0.2) is 20.8 Å². The Morgan fingerprint density at radius 2 is 2.20 bits per heavy atom. The normalized spacial score (nSPS) is 14.9. The fourth-order valence-electron chi connectivity index (χ4n) is 1.91. The van der Waals surface area contributed by atoms with Crippen LogP contribution in [0.1, 0.15) is 19.8 Å². The molecule has 0 bridgehead atoms. The number of hydrogen-bond donors (Lipinski definition) is 1. The third-order valence-corrected chi connectivity index (χ3v) is 5.41. The summed E-state index contributed by atoms with van der Waals surface area (Å²) in [6, 6.07) is 4.98. The number of sulfonamides is 1. The summed E-state index contributed by atoms with van der Waals surface area (Å²) in [6.07, 6.45) is 1.68. The van der Waals surface area contributed by atoms with E-state index in [-0.39, 0.29) is 10.8 Å². The van der Waals surface area contributed by atoms with Gasteiger partial charge in [0.05, 0.1) is 11.4 Å². The van der Waals surface area contributed by atoms with Crippen LogP contribution >= 0.6 is 11.6 Å². The van der Waals surface area contributed by atoms with E-state index in [1.165, 1.54) is 0 Å². The maximum absolute atomic E-state index is 12.4. The highest BCUT2D eigenvalue weighted by atomic mass is 35.5. The lowest BCUT2D eigenvalue weighted by molar-refractivity contribution is 0.481. The zero-order chi connectivity index (χ0) is 14.6. The predicted octanol–water partition coefficient (Wildman–Crippen LogP) is 3.35. The number of rotatable bonds is 7. The van der Waals surface area contributed by atoms with Crippen LogP contribution in [0.5, 0.6) is 0 Å². The summed E-state index contributed by atoms with van der Waals surface area (Å²) < 4.78 is 35.5. The Bertz CT molecular complexity index is 655. The second kappa shape index (κ2) is 6.80. The van der Waals surface area contributed by atoms with Crippen LogP contribution in [0.25, 0.3) is 0 Å². The van der Waals surface area contributed by atoms with Crippen LogP contribution in [-0.2, 0) is 21.4 Å². The highest BCUT2D eigenvalue weighted by Crippen LogP contribution is 2.37. The quantitative estimate of drug-likeness (QED) is 0.789. The first-order chi connectivity index (χ1) is 9.58. The van der Waals surface area contributed by atoms with Gasteiger partial charge in [0.15, 0.2) is 0 Å². The van der Waals surface area contributed by atoms with Crippen molar-refractivity contribution in [2.24, 2.45) is 14.6 Å². The minimum Gasteiger partial charge on any atom is -0.211 e. The molecule has 1 N–H and O–H groups in total. The topological polar surface area (TPSA) is 70.9 Å². The van der Waals surface area contributed by atoms with Crippen LogP contribution in [0.4, 0.5) is 11.4 Å². The van der Waals surface area contributed by atoms with E-state index in [9.17, 15) is 8.42 Å². The van der Waals surface area contributed by atoms with E-state index in [0.29, 0.717) is 23.8 Å². The maximum atomic E-state index is 12.4. The molecule has 1 aliphatic rings. The zero-order valence-electron chi connectivity index (χ0n) is 11.0. The Balaban J connectivity index is 2.16. The number of hydrogen-bond acceptors (Lipinski definition) is 4. The summed E-state index contributed by atoms with van der Waals surface area (Å²) in [6.45, 7) is 2.41. The Hall–Kier alpha value is -0.760. The minimum atomic E-state index is -3.57. The van der Waals surface area contributed by atoms with Gasteiger partial charge in [-0.05, 0) is 24.5 Å². The molecule has 8 heteroatoms. The van der Waals surface area contributed by atoms with Crippen LogP contribution in [0.3, 0.4) is 0 Å². The van der Waals surface area contributed by atoms with Crippen molar-refractivity contribution in [3.63, 3.8) is 0 Å². The first-order valence-corrected chi connectivity index (χ1v) is 9.10. The van der Waals surface area contributed by atoms with Crippen molar-refractivity contribution < 1.29 is 8.42 Å².